The zero-order valence-electron chi connectivity index (χ0n) is 12.1. The summed E-state index contributed by atoms with van der Waals surface area (Å²) in [5, 5.41) is 0. The molecule has 0 fully saturated rings. The van der Waals surface area contributed by atoms with E-state index in [9.17, 15) is 8.42 Å². The van der Waals surface area contributed by atoms with E-state index in [1.54, 1.807) is 19.1 Å². The Hall–Kier alpha value is -0.780. The summed E-state index contributed by atoms with van der Waals surface area (Å²) in [5.41, 5.74) is 0.810. The summed E-state index contributed by atoms with van der Waals surface area (Å²) >= 11 is 0. The van der Waals surface area contributed by atoms with Gasteiger partial charge in [0.15, 0.2) is 0 Å². The lowest BCUT2D eigenvalue weighted by molar-refractivity contribution is 0.0917. The lowest BCUT2D eigenvalue weighted by atomic mass is 10.1. The maximum atomic E-state index is 11.5. The molecule has 0 aliphatic heterocycles. The molecule has 0 aliphatic carbocycles. The highest BCUT2D eigenvalue weighted by Gasteiger charge is 2.17. The summed E-state index contributed by atoms with van der Waals surface area (Å²) in [4.78, 5) is 0.00125. The van der Waals surface area contributed by atoms with Gasteiger partial charge in [0.1, 0.15) is 17.3 Å². The van der Waals surface area contributed by atoms with Crippen LogP contribution in [0, 0.1) is 12.8 Å². The Kier molecular flexibility index (Phi) is 6.79. The Balaban J connectivity index is 2.52. The van der Waals surface area contributed by atoms with Gasteiger partial charge in [-0.15, -0.1) is 0 Å². The molecule has 114 valence electrons. The van der Waals surface area contributed by atoms with E-state index in [1.165, 1.54) is 6.07 Å². The molecule has 0 atom stereocenters. The fraction of sp³-hybridized carbons (Fsp3) is 0.571. The molecule has 0 amide bonds. The predicted octanol–water partition coefficient (Wildman–Crippen LogP) is 3.36. The topological polar surface area (TPSA) is 52.6 Å². The third-order valence-corrected chi connectivity index (χ3v) is 4.03. The predicted molar refractivity (Wildman–Crippen MR) is 80.0 cm³/mol. The largest absolute Gasteiger partial charge is 0.490 e. The van der Waals surface area contributed by atoms with Gasteiger partial charge in [0.05, 0.1) is 6.61 Å². The molecule has 0 spiro atoms. The summed E-state index contributed by atoms with van der Waals surface area (Å²) in [7, 11) is 1.59. The number of hydrogen-bond acceptors (Lipinski definition) is 4. The van der Waals surface area contributed by atoms with Gasteiger partial charge in [-0.3, -0.25) is 0 Å². The standard InChI is InChI=1S/C14H21ClO4S/c1-11(2)6-7-18-8-9-19-13-5-4-12(3)10-14(13)20(15,16)17/h4-5,10-11H,6-9H2,1-3H3. The third-order valence-electron chi connectivity index (χ3n) is 2.69. The number of hydrogen-bond donors (Lipinski definition) is 0. The van der Waals surface area contributed by atoms with Crippen LogP contribution in [0.1, 0.15) is 25.8 Å². The molecular formula is C14H21ClO4S. The van der Waals surface area contributed by atoms with Crippen molar-refractivity contribution < 1.29 is 17.9 Å². The van der Waals surface area contributed by atoms with Gasteiger partial charge < -0.3 is 9.47 Å². The number of ether oxygens (including phenoxy) is 2. The van der Waals surface area contributed by atoms with Gasteiger partial charge in [-0.05, 0) is 37.0 Å². The average Bonchev–Trinajstić information content (AvgIpc) is 2.33. The Morgan fingerprint density at radius 2 is 1.90 bits per heavy atom. The van der Waals surface area contributed by atoms with Crippen molar-refractivity contribution in [1.82, 2.24) is 0 Å². The van der Waals surface area contributed by atoms with Crippen molar-refractivity contribution in [3.8, 4) is 5.75 Å². The fourth-order valence-electron chi connectivity index (χ4n) is 1.56. The first-order valence-electron chi connectivity index (χ1n) is 6.56. The lowest BCUT2D eigenvalue weighted by Crippen LogP contribution is -2.10. The van der Waals surface area contributed by atoms with Crippen LogP contribution in [0.5, 0.6) is 5.75 Å². The summed E-state index contributed by atoms with van der Waals surface area (Å²) in [6.07, 6.45) is 0.992. The minimum atomic E-state index is -3.81. The summed E-state index contributed by atoms with van der Waals surface area (Å²) in [6, 6.07) is 4.89. The van der Waals surface area contributed by atoms with Gasteiger partial charge >= 0.3 is 0 Å². The van der Waals surface area contributed by atoms with E-state index in [4.69, 9.17) is 20.2 Å². The molecule has 0 radical (unpaired) electrons. The van der Waals surface area contributed by atoms with E-state index in [2.05, 4.69) is 13.8 Å². The van der Waals surface area contributed by atoms with Gasteiger partial charge in [0, 0.05) is 17.3 Å². The van der Waals surface area contributed by atoms with Gasteiger partial charge in [-0.1, -0.05) is 19.9 Å². The second kappa shape index (κ2) is 7.86. The van der Waals surface area contributed by atoms with Crippen LogP contribution >= 0.6 is 10.7 Å². The quantitative estimate of drug-likeness (QED) is 0.544. The van der Waals surface area contributed by atoms with E-state index in [-0.39, 0.29) is 10.6 Å². The van der Waals surface area contributed by atoms with Crippen molar-refractivity contribution in [3.05, 3.63) is 23.8 Å². The first-order chi connectivity index (χ1) is 9.30. The molecule has 0 unspecified atom stereocenters. The van der Waals surface area contributed by atoms with E-state index < -0.39 is 9.05 Å². The van der Waals surface area contributed by atoms with Crippen molar-refractivity contribution in [2.75, 3.05) is 19.8 Å². The van der Waals surface area contributed by atoms with Gasteiger partial charge in [-0.2, -0.15) is 0 Å². The molecule has 1 rings (SSSR count). The molecule has 0 bridgehead atoms. The maximum absolute atomic E-state index is 11.5. The summed E-state index contributed by atoms with van der Waals surface area (Å²) in [5.74, 6) is 0.860. The van der Waals surface area contributed by atoms with Crippen molar-refractivity contribution in [3.63, 3.8) is 0 Å². The molecule has 1 aromatic carbocycles. The minimum absolute atomic E-state index is 0.00125. The van der Waals surface area contributed by atoms with E-state index in [0.717, 1.165) is 12.0 Å². The van der Waals surface area contributed by atoms with E-state index in [1.807, 2.05) is 0 Å². The molecular weight excluding hydrogens is 300 g/mol. The number of benzene rings is 1. The fourth-order valence-corrected chi connectivity index (χ4v) is 2.61. The van der Waals surface area contributed by atoms with Gasteiger partial charge in [-0.25, -0.2) is 8.42 Å². The zero-order valence-corrected chi connectivity index (χ0v) is 13.6. The van der Waals surface area contributed by atoms with Crippen LogP contribution in [-0.4, -0.2) is 28.2 Å². The molecule has 6 heteroatoms. The van der Waals surface area contributed by atoms with Crippen molar-refractivity contribution in [1.29, 1.82) is 0 Å². The number of halogens is 1. The van der Waals surface area contributed by atoms with E-state index in [0.29, 0.717) is 25.7 Å². The Labute approximate surface area is 125 Å². The smallest absolute Gasteiger partial charge is 0.264 e. The Bertz CT molecular complexity index is 526. The normalized spacial score (nSPS) is 11.8. The van der Waals surface area contributed by atoms with Crippen molar-refractivity contribution in [2.24, 2.45) is 5.92 Å². The Morgan fingerprint density at radius 1 is 1.20 bits per heavy atom. The molecule has 20 heavy (non-hydrogen) atoms. The maximum Gasteiger partial charge on any atom is 0.264 e. The zero-order chi connectivity index (χ0) is 15.2. The molecule has 4 nitrogen and oxygen atoms in total. The van der Waals surface area contributed by atoms with Crippen LogP contribution in [0.4, 0.5) is 0 Å². The van der Waals surface area contributed by atoms with Crippen LogP contribution in [0.25, 0.3) is 0 Å². The molecule has 1 aromatic rings. The average molecular weight is 321 g/mol. The Morgan fingerprint density at radius 3 is 2.50 bits per heavy atom. The van der Waals surface area contributed by atoms with Crippen LogP contribution < -0.4 is 4.74 Å². The SMILES string of the molecule is Cc1ccc(OCCOCCC(C)C)c(S(=O)(=O)Cl)c1. The monoisotopic (exact) mass is 320 g/mol. The third kappa shape index (κ3) is 6.11. The van der Waals surface area contributed by atoms with Crippen molar-refractivity contribution in [2.45, 2.75) is 32.1 Å². The van der Waals surface area contributed by atoms with Crippen LogP contribution in [0.15, 0.2) is 23.1 Å². The van der Waals surface area contributed by atoms with E-state index >= 15 is 0 Å². The second-order valence-corrected chi connectivity index (χ2v) is 7.57. The molecule has 0 heterocycles. The van der Waals surface area contributed by atoms with Crippen LogP contribution in [-0.2, 0) is 13.8 Å². The molecule has 0 saturated carbocycles. The van der Waals surface area contributed by atoms with Crippen LogP contribution in [0.2, 0.25) is 0 Å². The molecule has 0 saturated heterocycles. The first kappa shape index (κ1) is 17.3. The summed E-state index contributed by atoms with van der Waals surface area (Å²) in [6.45, 7) is 7.44. The summed E-state index contributed by atoms with van der Waals surface area (Å²) < 4.78 is 33.8. The van der Waals surface area contributed by atoms with Crippen LogP contribution in [0.3, 0.4) is 0 Å². The highest BCUT2D eigenvalue weighted by atomic mass is 35.7. The first-order valence-corrected chi connectivity index (χ1v) is 8.87. The number of aryl methyl sites for hydroxylation is 1. The van der Waals surface area contributed by atoms with Crippen molar-refractivity contribution >= 4 is 19.7 Å². The highest BCUT2D eigenvalue weighted by molar-refractivity contribution is 8.13. The molecule has 0 aromatic heterocycles. The lowest BCUT2D eigenvalue weighted by Gasteiger charge is -2.11. The molecule has 0 N–H and O–H groups in total. The molecule has 0 aliphatic rings. The van der Waals surface area contributed by atoms with Gasteiger partial charge in [0.25, 0.3) is 9.05 Å². The number of rotatable bonds is 8. The highest BCUT2D eigenvalue weighted by Crippen LogP contribution is 2.27. The minimum Gasteiger partial charge on any atom is -0.490 e. The second-order valence-electron chi connectivity index (χ2n) is 5.03. The van der Waals surface area contributed by atoms with Gasteiger partial charge in [0.2, 0.25) is 0 Å².